The average Bonchev–Trinajstić information content (AvgIpc) is 2.87. The Labute approximate surface area is 208 Å². The van der Waals surface area contributed by atoms with Crippen molar-refractivity contribution in [1.29, 1.82) is 0 Å². The topological polar surface area (TPSA) is 61.8 Å². The van der Waals surface area contributed by atoms with Crippen LogP contribution in [-0.2, 0) is 29.0 Å². The Kier molecular flexibility index (Phi) is 10.2. The van der Waals surface area contributed by atoms with Crippen LogP contribution in [0.1, 0.15) is 40.4 Å². The normalized spacial score (nSPS) is 10.9. The average molecular weight is 521 g/mol. The van der Waals surface area contributed by atoms with E-state index in [1.54, 1.807) is 12.1 Å². The summed E-state index contributed by atoms with van der Waals surface area (Å²) in [6.45, 7) is 2.91. The third-order valence-electron chi connectivity index (χ3n) is 5.31. The number of ether oxygens (including phenoxy) is 3. The van der Waals surface area contributed by atoms with Gasteiger partial charge in [-0.15, -0.1) is 0 Å². The van der Waals surface area contributed by atoms with Crippen molar-refractivity contribution >= 4 is 26.3 Å². The molecule has 0 aliphatic carbocycles. The van der Waals surface area contributed by atoms with Crippen LogP contribution in [0.4, 0.5) is 0 Å². The van der Waals surface area contributed by atoms with E-state index in [1.165, 1.54) is 12.7 Å². The van der Waals surface area contributed by atoms with Crippen LogP contribution in [0.2, 0.25) is 5.21 Å². The van der Waals surface area contributed by atoms with Crippen LogP contribution >= 0.6 is 0 Å². The predicted molar refractivity (Wildman–Crippen MR) is 134 cm³/mol. The fourth-order valence-corrected chi connectivity index (χ4v) is 5.34. The molecule has 5 nitrogen and oxygen atoms in total. The molecule has 0 fully saturated rings. The van der Waals surface area contributed by atoms with E-state index in [0.29, 0.717) is 28.9 Å². The van der Waals surface area contributed by atoms with Crippen molar-refractivity contribution < 1.29 is 23.8 Å². The Hall–Kier alpha value is -3.04. The van der Waals surface area contributed by atoms with Gasteiger partial charge in [0, 0.05) is 0 Å². The fraction of sp³-hybridized carbons (Fsp3) is 0.286. The first kappa shape index (κ1) is 25.6. The third kappa shape index (κ3) is 7.77. The zero-order valence-corrected chi connectivity index (χ0v) is 21.5. The molecule has 177 valence electrons. The van der Waals surface area contributed by atoms with E-state index in [-0.39, 0.29) is 28.3 Å². The Morgan fingerprint density at radius 3 is 2.26 bits per heavy atom. The van der Waals surface area contributed by atoms with Crippen molar-refractivity contribution in [1.82, 2.24) is 0 Å². The molecular formula is C28H30AsO5. The van der Waals surface area contributed by atoms with Gasteiger partial charge in [-0.2, -0.15) is 0 Å². The van der Waals surface area contributed by atoms with Gasteiger partial charge in [-0.1, -0.05) is 6.07 Å². The van der Waals surface area contributed by atoms with Gasteiger partial charge in [-0.3, -0.25) is 0 Å². The van der Waals surface area contributed by atoms with Gasteiger partial charge in [0.25, 0.3) is 0 Å². The van der Waals surface area contributed by atoms with Gasteiger partial charge in [0.2, 0.25) is 0 Å². The van der Waals surface area contributed by atoms with Crippen LogP contribution in [-0.4, -0.2) is 40.0 Å². The molecule has 0 N–H and O–H groups in total. The number of hydrogen-bond donors (Lipinski definition) is 0. The molecule has 0 unspecified atom stereocenters. The Morgan fingerprint density at radius 1 is 0.824 bits per heavy atom. The summed E-state index contributed by atoms with van der Waals surface area (Å²) in [7, 11) is 1.37. The van der Waals surface area contributed by atoms with Gasteiger partial charge in [0.1, 0.15) is 0 Å². The predicted octanol–water partition coefficient (Wildman–Crippen LogP) is 5.28. The van der Waals surface area contributed by atoms with E-state index in [2.05, 4.69) is 6.07 Å². The molecule has 3 aromatic rings. The Balaban J connectivity index is 1.42. The van der Waals surface area contributed by atoms with E-state index in [4.69, 9.17) is 14.2 Å². The van der Waals surface area contributed by atoms with Gasteiger partial charge in [-0.05, 0) is 0 Å². The van der Waals surface area contributed by atoms with E-state index in [9.17, 15) is 9.59 Å². The summed E-state index contributed by atoms with van der Waals surface area (Å²) in [5, 5.41) is 0.916. The maximum atomic E-state index is 12.4. The quantitative estimate of drug-likeness (QED) is 0.226. The summed E-state index contributed by atoms with van der Waals surface area (Å²) in [4.78, 5) is 24.3. The van der Waals surface area contributed by atoms with Crippen LogP contribution in [0.15, 0.2) is 72.8 Å². The van der Waals surface area contributed by atoms with Crippen LogP contribution in [0.25, 0.3) is 0 Å². The zero-order valence-electron chi connectivity index (χ0n) is 19.7. The molecule has 0 aliphatic heterocycles. The first-order valence-corrected chi connectivity index (χ1v) is 13.7. The molecule has 0 aliphatic rings. The van der Waals surface area contributed by atoms with Crippen molar-refractivity contribution in [2.75, 3.05) is 13.7 Å². The second-order valence-electron chi connectivity index (χ2n) is 7.65. The van der Waals surface area contributed by atoms with Gasteiger partial charge >= 0.3 is 186 Å². The van der Waals surface area contributed by atoms with E-state index >= 15 is 0 Å². The number of aryl methyl sites for hydroxylation is 2. The van der Waals surface area contributed by atoms with Gasteiger partial charge in [-0.25, -0.2) is 4.79 Å². The summed E-state index contributed by atoms with van der Waals surface area (Å²) in [6.07, 6.45) is 2.18. The summed E-state index contributed by atoms with van der Waals surface area (Å²) in [6, 6.07) is 23.1. The number of methoxy groups -OCH3 is 1. The summed E-state index contributed by atoms with van der Waals surface area (Å²) < 4.78 is 16.7. The van der Waals surface area contributed by atoms with Crippen LogP contribution in [0, 0.1) is 0 Å². The Bertz CT molecular complexity index is 1080. The molecule has 1 radical (unpaired) electrons. The number of esters is 1. The van der Waals surface area contributed by atoms with Crippen LogP contribution in [0.3, 0.4) is 0 Å². The molecule has 0 bridgehead atoms. The summed E-state index contributed by atoms with van der Waals surface area (Å²) in [5.74, 6) is 1.27. The number of hydrogen-bond acceptors (Lipinski definition) is 5. The van der Waals surface area contributed by atoms with E-state index in [0.717, 1.165) is 34.9 Å². The number of rotatable bonds is 13. The molecule has 0 saturated heterocycles. The summed E-state index contributed by atoms with van der Waals surface area (Å²) >= 11 is -0.334. The molecule has 3 aromatic carbocycles. The van der Waals surface area contributed by atoms with Gasteiger partial charge in [0.05, 0.1) is 7.11 Å². The second-order valence-corrected chi connectivity index (χ2v) is 10.3. The van der Waals surface area contributed by atoms with E-state index in [1.807, 2.05) is 61.5 Å². The molecule has 0 heterocycles. The van der Waals surface area contributed by atoms with Crippen molar-refractivity contribution in [3.8, 4) is 11.5 Å². The Morgan fingerprint density at radius 2 is 1.53 bits per heavy atom. The van der Waals surface area contributed by atoms with Crippen LogP contribution in [0.5, 0.6) is 11.5 Å². The number of benzene rings is 3. The number of para-hydroxylation sites is 1. The van der Waals surface area contributed by atoms with Crippen molar-refractivity contribution in [3.63, 3.8) is 0 Å². The number of carbonyl (C=O) groups is 2. The maximum absolute atomic E-state index is 12.4. The molecule has 6 heteroatoms. The minimum atomic E-state index is -0.375. The molecule has 34 heavy (non-hydrogen) atoms. The molecule has 0 spiro atoms. The molecule has 0 amide bonds. The zero-order chi connectivity index (χ0) is 24.2. The molecular weight excluding hydrogens is 491 g/mol. The van der Waals surface area contributed by atoms with Gasteiger partial charge < -0.3 is 4.74 Å². The molecule has 0 saturated carbocycles. The standard InChI is InChI=1S/C28H30AsO5/c1-3-33-26-11-7-5-8-22(26)18-19-29-27(30)17-14-21-12-15-24(16-13-21)34-20-23-9-4-6-10-25(23)28(31)32-2/h4-13,15-16H,3,14,17-20H2,1-2H3. The van der Waals surface area contributed by atoms with Crippen molar-refractivity contribution in [2.24, 2.45) is 0 Å². The second kappa shape index (κ2) is 13.6. The SMILES string of the molecule is CCOc1ccccc1CC[As]C(=O)CCc1ccc(OCc2ccccc2C(=O)OC)cc1. The van der Waals surface area contributed by atoms with Crippen molar-refractivity contribution in [2.45, 2.75) is 38.0 Å². The first-order chi connectivity index (χ1) is 16.6. The first-order valence-electron chi connectivity index (χ1n) is 11.4. The summed E-state index contributed by atoms with van der Waals surface area (Å²) in [5.41, 5.74) is 3.57. The third-order valence-corrected chi connectivity index (χ3v) is 7.46. The van der Waals surface area contributed by atoms with E-state index < -0.39 is 0 Å². The van der Waals surface area contributed by atoms with Crippen LogP contribution < -0.4 is 9.47 Å². The molecule has 0 aromatic heterocycles. The molecule has 3 rings (SSSR count). The minimum absolute atomic E-state index is 0.277. The number of carbonyl (C=O) groups excluding carboxylic acids is 2. The fourth-order valence-electron chi connectivity index (χ4n) is 3.51. The van der Waals surface area contributed by atoms with Crippen molar-refractivity contribution in [3.05, 3.63) is 95.1 Å². The van der Waals surface area contributed by atoms with Gasteiger partial charge in [0.15, 0.2) is 0 Å². The monoisotopic (exact) mass is 521 g/mol. The molecule has 0 atom stereocenters.